The molecule has 21 heavy (non-hydrogen) atoms. The van der Waals surface area contributed by atoms with Gasteiger partial charge in [-0.05, 0) is 31.9 Å². The van der Waals surface area contributed by atoms with E-state index in [0.717, 1.165) is 32.6 Å². The molecule has 116 valence electrons. The van der Waals surface area contributed by atoms with Gasteiger partial charge in [0, 0.05) is 37.9 Å². The predicted octanol–water partition coefficient (Wildman–Crippen LogP) is 2.03. The van der Waals surface area contributed by atoms with Gasteiger partial charge in [0.25, 0.3) is 0 Å². The molecule has 2 rings (SSSR count). The molecule has 0 aromatic heterocycles. The molecule has 1 heterocycles. The van der Waals surface area contributed by atoms with Crippen LogP contribution in [0.4, 0.5) is 5.69 Å². The number of carbonyl (C=O) groups excluding carboxylic acids is 1. The van der Waals surface area contributed by atoms with E-state index in [4.69, 9.17) is 0 Å². The fourth-order valence-electron chi connectivity index (χ4n) is 2.69. The summed E-state index contributed by atoms with van der Waals surface area (Å²) in [7, 11) is 0. The van der Waals surface area contributed by atoms with E-state index in [1.807, 2.05) is 6.92 Å². The molecule has 0 saturated carbocycles. The minimum atomic E-state index is 0.147. The van der Waals surface area contributed by atoms with Gasteiger partial charge in [-0.3, -0.25) is 9.69 Å². The Balaban J connectivity index is 1.81. The molecule has 1 fully saturated rings. The van der Waals surface area contributed by atoms with Crippen LogP contribution in [-0.2, 0) is 4.79 Å². The van der Waals surface area contributed by atoms with E-state index in [-0.39, 0.29) is 11.9 Å². The van der Waals surface area contributed by atoms with E-state index in [0.29, 0.717) is 6.54 Å². The fraction of sp³-hybridized carbons (Fsp3) is 0.588. The molecule has 1 saturated heterocycles. The lowest BCUT2D eigenvalue weighted by Crippen LogP contribution is -2.50. The topological polar surface area (TPSA) is 35.6 Å². The molecule has 1 aliphatic rings. The molecule has 1 aliphatic heterocycles. The Morgan fingerprint density at radius 1 is 1.24 bits per heavy atom. The largest absolute Gasteiger partial charge is 0.369 e. The van der Waals surface area contributed by atoms with Crippen molar-refractivity contribution in [2.75, 3.05) is 37.6 Å². The van der Waals surface area contributed by atoms with Gasteiger partial charge in [0.2, 0.25) is 5.91 Å². The van der Waals surface area contributed by atoms with Gasteiger partial charge < -0.3 is 10.2 Å². The van der Waals surface area contributed by atoms with Crippen molar-refractivity contribution in [3.05, 3.63) is 29.8 Å². The zero-order valence-corrected chi connectivity index (χ0v) is 13.4. The van der Waals surface area contributed by atoms with Crippen molar-refractivity contribution in [2.45, 2.75) is 33.2 Å². The molecule has 4 nitrogen and oxygen atoms in total. The van der Waals surface area contributed by atoms with Crippen molar-refractivity contribution in [1.82, 2.24) is 10.2 Å². The number of para-hydroxylation sites is 1. The number of anilines is 1. The van der Waals surface area contributed by atoms with Crippen LogP contribution in [0.5, 0.6) is 0 Å². The third-order valence-corrected chi connectivity index (χ3v) is 4.22. The van der Waals surface area contributed by atoms with Gasteiger partial charge >= 0.3 is 0 Å². The monoisotopic (exact) mass is 289 g/mol. The van der Waals surface area contributed by atoms with E-state index in [9.17, 15) is 4.79 Å². The molecular weight excluding hydrogens is 262 g/mol. The quantitative estimate of drug-likeness (QED) is 0.901. The van der Waals surface area contributed by atoms with E-state index >= 15 is 0 Å². The Kier molecular flexibility index (Phi) is 5.62. The Morgan fingerprint density at radius 2 is 1.90 bits per heavy atom. The second kappa shape index (κ2) is 7.46. The number of nitrogens with zero attached hydrogens (tertiary/aromatic N) is 2. The highest BCUT2D eigenvalue weighted by Gasteiger charge is 2.20. The molecule has 1 amide bonds. The first-order chi connectivity index (χ1) is 10.1. The number of rotatable bonds is 5. The van der Waals surface area contributed by atoms with Gasteiger partial charge in [-0.2, -0.15) is 0 Å². The van der Waals surface area contributed by atoms with Gasteiger partial charge in [0.15, 0.2) is 0 Å². The lowest BCUT2D eigenvalue weighted by molar-refractivity contribution is -0.122. The van der Waals surface area contributed by atoms with Crippen LogP contribution in [0, 0.1) is 6.92 Å². The number of benzene rings is 1. The van der Waals surface area contributed by atoms with Gasteiger partial charge in [-0.1, -0.05) is 25.1 Å². The summed E-state index contributed by atoms with van der Waals surface area (Å²) in [6, 6.07) is 8.77. The summed E-state index contributed by atoms with van der Waals surface area (Å²) in [4.78, 5) is 16.6. The first-order valence-electron chi connectivity index (χ1n) is 7.92. The van der Waals surface area contributed by atoms with Gasteiger partial charge in [-0.25, -0.2) is 0 Å². The molecule has 0 unspecified atom stereocenters. The molecule has 0 radical (unpaired) electrons. The molecule has 0 spiro atoms. The maximum absolute atomic E-state index is 11.9. The number of carbonyl (C=O) groups is 1. The average Bonchev–Trinajstić information content (AvgIpc) is 2.48. The summed E-state index contributed by atoms with van der Waals surface area (Å²) >= 11 is 0. The van der Waals surface area contributed by atoms with Crippen molar-refractivity contribution in [3.8, 4) is 0 Å². The van der Waals surface area contributed by atoms with E-state index in [1.54, 1.807) is 0 Å². The lowest BCUT2D eigenvalue weighted by atomic mass is 10.1. The fourth-order valence-corrected chi connectivity index (χ4v) is 2.69. The number of nitrogens with one attached hydrogen (secondary N) is 1. The highest BCUT2D eigenvalue weighted by atomic mass is 16.2. The van der Waals surface area contributed by atoms with Crippen molar-refractivity contribution in [3.63, 3.8) is 0 Å². The number of hydrogen-bond donors (Lipinski definition) is 1. The van der Waals surface area contributed by atoms with Crippen LogP contribution in [0.25, 0.3) is 0 Å². The maximum Gasteiger partial charge on any atom is 0.234 e. The average molecular weight is 289 g/mol. The normalized spacial score (nSPS) is 17.6. The Hall–Kier alpha value is -1.55. The summed E-state index contributed by atoms with van der Waals surface area (Å²) in [5.74, 6) is 0.147. The van der Waals surface area contributed by atoms with Crippen molar-refractivity contribution >= 4 is 11.6 Å². The second-order valence-corrected chi connectivity index (χ2v) is 5.93. The van der Waals surface area contributed by atoms with Gasteiger partial charge in [-0.15, -0.1) is 0 Å². The second-order valence-electron chi connectivity index (χ2n) is 5.93. The Morgan fingerprint density at radius 3 is 2.52 bits per heavy atom. The molecule has 0 aliphatic carbocycles. The highest BCUT2D eigenvalue weighted by molar-refractivity contribution is 5.78. The third-order valence-electron chi connectivity index (χ3n) is 4.22. The molecule has 0 bridgehead atoms. The number of amides is 1. The van der Waals surface area contributed by atoms with Crippen molar-refractivity contribution < 1.29 is 4.79 Å². The summed E-state index contributed by atoms with van der Waals surface area (Å²) < 4.78 is 0. The van der Waals surface area contributed by atoms with E-state index in [2.05, 4.69) is 53.2 Å². The smallest absolute Gasteiger partial charge is 0.234 e. The van der Waals surface area contributed by atoms with E-state index < -0.39 is 0 Å². The van der Waals surface area contributed by atoms with Crippen LogP contribution in [-0.4, -0.2) is 49.6 Å². The minimum Gasteiger partial charge on any atom is -0.369 e. The van der Waals surface area contributed by atoms with Crippen LogP contribution in [0.3, 0.4) is 0 Å². The van der Waals surface area contributed by atoms with Crippen LogP contribution < -0.4 is 10.2 Å². The molecule has 4 heteroatoms. The first kappa shape index (κ1) is 15.8. The van der Waals surface area contributed by atoms with Crippen molar-refractivity contribution in [1.29, 1.82) is 0 Å². The predicted molar refractivity (Wildman–Crippen MR) is 87.7 cm³/mol. The highest BCUT2D eigenvalue weighted by Crippen LogP contribution is 2.20. The van der Waals surface area contributed by atoms with Gasteiger partial charge in [0.1, 0.15) is 0 Å². The summed E-state index contributed by atoms with van der Waals surface area (Å²) in [5, 5.41) is 3.03. The number of aryl methyl sites for hydroxylation is 1. The minimum absolute atomic E-state index is 0.147. The molecule has 1 atom stereocenters. The van der Waals surface area contributed by atoms with Crippen LogP contribution >= 0.6 is 0 Å². The Labute approximate surface area is 128 Å². The zero-order chi connectivity index (χ0) is 15.2. The summed E-state index contributed by atoms with van der Waals surface area (Å²) in [6.07, 6.45) is 0.979. The summed E-state index contributed by atoms with van der Waals surface area (Å²) in [6.45, 7) is 10.7. The molecule has 1 aromatic carbocycles. The first-order valence-corrected chi connectivity index (χ1v) is 7.92. The number of piperazine rings is 1. The Bertz CT molecular complexity index is 467. The standard InChI is InChI=1S/C17H27N3O/c1-4-15(3)18-17(21)13-19-9-11-20(12-10-19)16-8-6-5-7-14(16)2/h5-8,15H,4,9-13H2,1-3H3,(H,18,21)/t15-/m1/s1. The molecular formula is C17H27N3O. The van der Waals surface area contributed by atoms with Crippen molar-refractivity contribution in [2.24, 2.45) is 0 Å². The number of hydrogen-bond acceptors (Lipinski definition) is 3. The SMILES string of the molecule is CC[C@@H](C)NC(=O)CN1CCN(c2ccccc2C)CC1. The third kappa shape index (κ3) is 4.46. The lowest BCUT2D eigenvalue weighted by Gasteiger charge is -2.36. The maximum atomic E-state index is 11.9. The van der Waals surface area contributed by atoms with Crippen LogP contribution in [0.1, 0.15) is 25.8 Å². The summed E-state index contributed by atoms with van der Waals surface area (Å²) in [5.41, 5.74) is 2.64. The molecule has 1 N–H and O–H groups in total. The van der Waals surface area contributed by atoms with E-state index in [1.165, 1.54) is 11.3 Å². The van der Waals surface area contributed by atoms with Crippen LogP contribution in [0.2, 0.25) is 0 Å². The molecule has 1 aromatic rings. The zero-order valence-electron chi connectivity index (χ0n) is 13.4. The van der Waals surface area contributed by atoms with Gasteiger partial charge in [0.05, 0.1) is 6.54 Å². The van der Waals surface area contributed by atoms with Crippen LogP contribution in [0.15, 0.2) is 24.3 Å².